The summed E-state index contributed by atoms with van der Waals surface area (Å²) in [4.78, 5) is 17.1. The molecule has 2 atom stereocenters. The lowest BCUT2D eigenvalue weighted by Crippen LogP contribution is -2.41. The number of benzene rings is 3. The van der Waals surface area contributed by atoms with Crippen LogP contribution in [0.4, 0.5) is 17.6 Å². The second-order valence-electron chi connectivity index (χ2n) is 7.84. The molecule has 2 unspecified atom stereocenters. The Balaban J connectivity index is 1.65. The van der Waals surface area contributed by atoms with E-state index >= 15 is 0 Å². The number of amides is 1. The molecule has 1 aromatic heterocycles. The number of rotatable bonds is 6. The first-order valence-electron chi connectivity index (χ1n) is 10.5. The Morgan fingerprint density at radius 3 is 2.21 bits per heavy atom. The normalized spacial score (nSPS) is 13.4. The predicted octanol–water partition coefficient (Wildman–Crippen LogP) is 5.47. The summed E-state index contributed by atoms with van der Waals surface area (Å²) in [6, 6.07) is 15.9. The van der Waals surface area contributed by atoms with Crippen LogP contribution in [0.15, 0.2) is 85.2 Å². The molecule has 0 bridgehead atoms. The van der Waals surface area contributed by atoms with Gasteiger partial charge >= 0.3 is 6.18 Å². The summed E-state index contributed by atoms with van der Waals surface area (Å²) in [7, 11) is 0. The highest BCUT2D eigenvalue weighted by Gasteiger charge is 2.30. The summed E-state index contributed by atoms with van der Waals surface area (Å²) in [5.41, 5.74) is 0.409. The topological polar surface area (TPSA) is 62.2 Å². The van der Waals surface area contributed by atoms with E-state index in [0.29, 0.717) is 16.5 Å². The average molecular weight is 468 g/mol. The van der Waals surface area contributed by atoms with Crippen LogP contribution in [0.25, 0.3) is 10.8 Å². The minimum absolute atomic E-state index is 0.0620. The van der Waals surface area contributed by atoms with Crippen LogP contribution in [0.2, 0.25) is 0 Å². The van der Waals surface area contributed by atoms with Gasteiger partial charge in [-0.25, -0.2) is 4.39 Å². The summed E-state index contributed by atoms with van der Waals surface area (Å²) in [6.45, 7) is 0. The fraction of sp³-hybridized carbons (Fsp3) is 0.154. The van der Waals surface area contributed by atoms with E-state index in [0.717, 1.165) is 12.1 Å². The summed E-state index contributed by atoms with van der Waals surface area (Å²) in [5.74, 6) is -1.01. The molecule has 2 N–H and O–H groups in total. The molecule has 0 aliphatic carbocycles. The van der Waals surface area contributed by atoms with Crippen molar-refractivity contribution in [2.75, 3.05) is 0 Å². The third kappa shape index (κ3) is 5.07. The Hall–Kier alpha value is -3.78. The Kier molecular flexibility index (Phi) is 6.61. The van der Waals surface area contributed by atoms with Crippen LogP contribution in [0, 0.1) is 5.82 Å². The number of nitrogens with one attached hydrogen (secondary N) is 1. The van der Waals surface area contributed by atoms with E-state index in [1.54, 1.807) is 36.4 Å². The molecule has 0 saturated heterocycles. The highest BCUT2D eigenvalue weighted by molar-refractivity contribution is 6.07. The minimum atomic E-state index is -4.47. The molecule has 0 saturated carbocycles. The zero-order valence-electron chi connectivity index (χ0n) is 17.8. The molecule has 1 amide bonds. The number of aromatic nitrogens is 1. The highest BCUT2D eigenvalue weighted by Crippen LogP contribution is 2.30. The fourth-order valence-electron chi connectivity index (χ4n) is 3.82. The number of aliphatic hydroxyl groups is 1. The molecule has 0 aliphatic heterocycles. The monoisotopic (exact) mass is 468 g/mol. The third-order valence-electron chi connectivity index (χ3n) is 5.60. The summed E-state index contributed by atoms with van der Waals surface area (Å²) < 4.78 is 52.9. The van der Waals surface area contributed by atoms with E-state index in [2.05, 4.69) is 10.3 Å². The van der Waals surface area contributed by atoms with Crippen LogP contribution in [0.5, 0.6) is 0 Å². The third-order valence-corrected chi connectivity index (χ3v) is 5.60. The van der Waals surface area contributed by atoms with Crippen LogP contribution in [-0.4, -0.2) is 22.0 Å². The molecular weight excluding hydrogens is 448 g/mol. The fourth-order valence-corrected chi connectivity index (χ4v) is 3.82. The van der Waals surface area contributed by atoms with Crippen molar-refractivity contribution in [2.45, 2.75) is 24.7 Å². The van der Waals surface area contributed by atoms with Gasteiger partial charge in [-0.3, -0.25) is 9.78 Å². The Morgan fingerprint density at radius 1 is 0.912 bits per heavy atom. The number of carbonyl (C=O) groups excluding carboxylic acids is 1. The SMILES string of the molecule is O=C(NC(Cc1ccc(C(F)(F)F)cc1)C(O)c1ccncc1)c1ccc(F)c2ccccc12. The summed E-state index contributed by atoms with van der Waals surface area (Å²) in [5, 5.41) is 14.5. The number of halogens is 4. The van der Waals surface area contributed by atoms with Gasteiger partial charge < -0.3 is 10.4 Å². The minimum Gasteiger partial charge on any atom is -0.386 e. The lowest BCUT2D eigenvalue weighted by molar-refractivity contribution is -0.137. The van der Waals surface area contributed by atoms with E-state index in [1.165, 1.54) is 36.7 Å². The molecule has 34 heavy (non-hydrogen) atoms. The van der Waals surface area contributed by atoms with E-state index in [4.69, 9.17) is 0 Å². The van der Waals surface area contributed by atoms with Gasteiger partial charge in [-0.05, 0) is 59.3 Å². The van der Waals surface area contributed by atoms with Crippen molar-refractivity contribution in [3.8, 4) is 0 Å². The molecule has 0 fully saturated rings. The summed E-state index contributed by atoms with van der Waals surface area (Å²) >= 11 is 0. The molecule has 0 spiro atoms. The van der Waals surface area contributed by atoms with E-state index in [1.807, 2.05) is 0 Å². The van der Waals surface area contributed by atoms with Crippen LogP contribution in [0.1, 0.15) is 33.2 Å². The lowest BCUT2D eigenvalue weighted by atomic mass is 9.95. The maximum Gasteiger partial charge on any atom is 0.416 e. The predicted molar refractivity (Wildman–Crippen MR) is 120 cm³/mol. The molecule has 4 nitrogen and oxygen atoms in total. The smallest absolute Gasteiger partial charge is 0.386 e. The molecule has 4 rings (SSSR count). The van der Waals surface area contributed by atoms with Gasteiger partial charge in [0.1, 0.15) is 5.82 Å². The highest BCUT2D eigenvalue weighted by atomic mass is 19.4. The second-order valence-corrected chi connectivity index (χ2v) is 7.84. The second kappa shape index (κ2) is 9.61. The zero-order valence-corrected chi connectivity index (χ0v) is 17.8. The van der Waals surface area contributed by atoms with Gasteiger partial charge in [0.25, 0.3) is 5.91 Å². The number of hydrogen-bond acceptors (Lipinski definition) is 3. The van der Waals surface area contributed by atoms with Gasteiger partial charge in [-0.2, -0.15) is 13.2 Å². The molecule has 8 heteroatoms. The van der Waals surface area contributed by atoms with Gasteiger partial charge in [0.15, 0.2) is 0 Å². The zero-order chi connectivity index (χ0) is 24.3. The molecule has 0 aliphatic rings. The first-order chi connectivity index (χ1) is 16.2. The van der Waals surface area contributed by atoms with Crippen molar-refractivity contribution in [1.82, 2.24) is 10.3 Å². The van der Waals surface area contributed by atoms with Crippen molar-refractivity contribution in [2.24, 2.45) is 0 Å². The van der Waals surface area contributed by atoms with Gasteiger partial charge in [0, 0.05) is 23.3 Å². The van der Waals surface area contributed by atoms with Crippen LogP contribution in [-0.2, 0) is 12.6 Å². The van der Waals surface area contributed by atoms with Gasteiger partial charge in [0.2, 0.25) is 0 Å². The maximum atomic E-state index is 14.2. The van der Waals surface area contributed by atoms with Crippen LogP contribution in [0.3, 0.4) is 0 Å². The van der Waals surface area contributed by atoms with Crippen molar-refractivity contribution in [1.29, 1.82) is 0 Å². The van der Waals surface area contributed by atoms with Crippen LogP contribution < -0.4 is 5.32 Å². The average Bonchev–Trinajstić information content (AvgIpc) is 2.84. The molecule has 3 aromatic carbocycles. The lowest BCUT2D eigenvalue weighted by Gasteiger charge is -2.25. The summed E-state index contributed by atoms with van der Waals surface area (Å²) in [6.07, 6.45) is -2.59. The molecule has 4 aromatic rings. The molecule has 1 heterocycles. The quantitative estimate of drug-likeness (QED) is 0.369. The number of fused-ring (bicyclic) bond motifs is 1. The number of aliphatic hydroxyl groups excluding tert-OH is 1. The van der Waals surface area contributed by atoms with Gasteiger partial charge in [0.05, 0.1) is 17.7 Å². The number of carbonyl (C=O) groups is 1. The Morgan fingerprint density at radius 2 is 1.56 bits per heavy atom. The first-order valence-corrected chi connectivity index (χ1v) is 10.5. The van der Waals surface area contributed by atoms with Gasteiger partial charge in [-0.1, -0.05) is 36.4 Å². The number of pyridine rings is 1. The number of alkyl halides is 3. The van der Waals surface area contributed by atoms with Crippen molar-refractivity contribution in [3.05, 3.63) is 113 Å². The Bertz CT molecular complexity index is 1290. The first kappa shape index (κ1) is 23.4. The van der Waals surface area contributed by atoms with Crippen molar-refractivity contribution < 1.29 is 27.5 Å². The van der Waals surface area contributed by atoms with Crippen LogP contribution >= 0.6 is 0 Å². The van der Waals surface area contributed by atoms with E-state index < -0.39 is 35.6 Å². The largest absolute Gasteiger partial charge is 0.416 e. The van der Waals surface area contributed by atoms with Gasteiger partial charge in [-0.15, -0.1) is 0 Å². The maximum absolute atomic E-state index is 14.2. The van der Waals surface area contributed by atoms with Crippen molar-refractivity contribution in [3.63, 3.8) is 0 Å². The number of nitrogens with zero attached hydrogens (tertiary/aromatic N) is 1. The van der Waals surface area contributed by atoms with Crippen molar-refractivity contribution >= 4 is 16.7 Å². The Labute approximate surface area is 192 Å². The van der Waals surface area contributed by atoms with E-state index in [-0.39, 0.29) is 17.4 Å². The molecular formula is C26H20F4N2O2. The van der Waals surface area contributed by atoms with E-state index in [9.17, 15) is 27.5 Å². The molecule has 0 radical (unpaired) electrons. The standard InChI is InChI=1S/C26H20F4N2O2/c27-22-10-9-21(19-3-1-2-4-20(19)22)25(34)32-23(24(33)17-11-13-31-14-12-17)15-16-5-7-18(8-6-16)26(28,29)30/h1-14,23-24,33H,15H2,(H,32,34). The molecule has 174 valence electrons. The number of hydrogen-bond donors (Lipinski definition) is 2.